The number of aryl methyl sites for hydroxylation is 1. The van der Waals surface area contributed by atoms with Crippen LogP contribution in [0.4, 0.5) is 0 Å². The van der Waals surface area contributed by atoms with Crippen molar-refractivity contribution in [3.63, 3.8) is 0 Å². The van der Waals surface area contributed by atoms with Crippen LogP contribution in [0.15, 0.2) is 28.7 Å². The van der Waals surface area contributed by atoms with E-state index in [2.05, 4.69) is 22.1 Å². The molecule has 1 fully saturated rings. The minimum atomic E-state index is 0.711. The van der Waals surface area contributed by atoms with Gasteiger partial charge in [0, 0.05) is 18.2 Å². The molecule has 1 saturated heterocycles. The predicted octanol–water partition coefficient (Wildman–Crippen LogP) is 3.25. The minimum Gasteiger partial charge on any atom is -0.441 e. The van der Waals surface area contributed by atoms with Gasteiger partial charge in [0.05, 0.1) is 0 Å². The van der Waals surface area contributed by atoms with E-state index in [9.17, 15) is 0 Å². The van der Waals surface area contributed by atoms with Gasteiger partial charge in [0.15, 0.2) is 11.5 Å². The predicted molar refractivity (Wildman–Crippen MR) is 80.7 cm³/mol. The standard InChI is InChI=1S/C15H20N2OS/c1-2-7-14-13(6-1)17-15(18-14)8-3-9-16-12-5-4-10-19-11-12/h1-2,6-7,12,16H,3-5,8-11H2/t12-/m1/s1. The number of para-hydroxylation sites is 2. The van der Waals surface area contributed by atoms with E-state index >= 15 is 0 Å². The van der Waals surface area contributed by atoms with Crippen molar-refractivity contribution >= 4 is 22.9 Å². The molecular formula is C15H20N2OS. The van der Waals surface area contributed by atoms with E-state index < -0.39 is 0 Å². The van der Waals surface area contributed by atoms with E-state index in [0.29, 0.717) is 6.04 Å². The fraction of sp³-hybridized carbons (Fsp3) is 0.533. The van der Waals surface area contributed by atoms with Crippen LogP contribution in [0, 0.1) is 0 Å². The SMILES string of the molecule is c1ccc2oc(CCCN[C@@H]3CCCSC3)nc2c1. The molecule has 0 saturated carbocycles. The number of thioether (sulfide) groups is 1. The van der Waals surface area contributed by atoms with Gasteiger partial charge < -0.3 is 9.73 Å². The highest BCUT2D eigenvalue weighted by atomic mass is 32.2. The number of oxazole rings is 1. The molecular weight excluding hydrogens is 256 g/mol. The molecule has 0 spiro atoms. The Morgan fingerprint density at radius 1 is 1.37 bits per heavy atom. The smallest absolute Gasteiger partial charge is 0.195 e. The fourth-order valence-corrected chi connectivity index (χ4v) is 3.58. The second kappa shape index (κ2) is 6.44. The van der Waals surface area contributed by atoms with Gasteiger partial charge in [0.25, 0.3) is 0 Å². The highest BCUT2D eigenvalue weighted by Crippen LogP contribution is 2.17. The lowest BCUT2D eigenvalue weighted by Gasteiger charge is -2.22. The summed E-state index contributed by atoms with van der Waals surface area (Å²) >= 11 is 2.07. The molecule has 0 bridgehead atoms. The van der Waals surface area contributed by atoms with Crippen molar-refractivity contribution in [2.24, 2.45) is 0 Å². The number of hydrogen-bond donors (Lipinski definition) is 1. The Kier molecular flexibility index (Phi) is 4.41. The Bertz CT molecular complexity index is 487. The lowest BCUT2D eigenvalue weighted by molar-refractivity contribution is 0.476. The number of fused-ring (bicyclic) bond motifs is 1. The quantitative estimate of drug-likeness (QED) is 0.851. The molecule has 0 unspecified atom stereocenters. The molecule has 1 atom stereocenters. The van der Waals surface area contributed by atoms with Crippen LogP contribution in [-0.4, -0.2) is 29.1 Å². The second-order valence-corrected chi connectivity index (χ2v) is 6.20. The molecule has 19 heavy (non-hydrogen) atoms. The average Bonchev–Trinajstić information content (AvgIpc) is 2.87. The number of nitrogens with zero attached hydrogens (tertiary/aromatic N) is 1. The van der Waals surface area contributed by atoms with Gasteiger partial charge in [-0.15, -0.1) is 0 Å². The summed E-state index contributed by atoms with van der Waals surface area (Å²) in [4.78, 5) is 4.50. The zero-order valence-electron chi connectivity index (χ0n) is 11.1. The Morgan fingerprint density at radius 2 is 2.32 bits per heavy atom. The molecule has 102 valence electrons. The van der Waals surface area contributed by atoms with Crippen LogP contribution in [0.5, 0.6) is 0 Å². The first-order valence-electron chi connectivity index (χ1n) is 7.07. The maximum absolute atomic E-state index is 5.72. The summed E-state index contributed by atoms with van der Waals surface area (Å²) < 4.78 is 5.72. The number of aromatic nitrogens is 1. The van der Waals surface area contributed by atoms with Crippen LogP contribution < -0.4 is 5.32 Å². The lowest BCUT2D eigenvalue weighted by atomic mass is 10.2. The monoisotopic (exact) mass is 276 g/mol. The van der Waals surface area contributed by atoms with Crippen molar-refractivity contribution in [3.8, 4) is 0 Å². The zero-order chi connectivity index (χ0) is 12.9. The van der Waals surface area contributed by atoms with Gasteiger partial charge >= 0.3 is 0 Å². The maximum Gasteiger partial charge on any atom is 0.195 e. The highest BCUT2D eigenvalue weighted by Gasteiger charge is 2.12. The Labute approximate surface area is 118 Å². The first-order chi connectivity index (χ1) is 9.42. The summed E-state index contributed by atoms with van der Waals surface area (Å²) in [5.41, 5.74) is 1.86. The second-order valence-electron chi connectivity index (χ2n) is 5.05. The van der Waals surface area contributed by atoms with E-state index in [1.165, 1.54) is 24.3 Å². The van der Waals surface area contributed by atoms with Crippen LogP contribution in [0.1, 0.15) is 25.2 Å². The molecule has 0 aliphatic carbocycles. The summed E-state index contributed by atoms with van der Waals surface area (Å²) in [6.45, 7) is 1.06. The Balaban J connectivity index is 1.44. The van der Waals surface area contributed by atoms with Crippen molar-refractivity contribution < 1.29 is 4.42 Å². The first kappa shape index (κ1) is 13.0. The number of benzene rings is 1. The summed E-state index contributed by atoms with van der Waals surface area (Å²) in [7, 11) is 0. The van der Waals surface area contributed by atoms with Gasteiger partial charge in [-0.25, -0.2) is 4.98 Å². The summed E-state index contributed by atoms with van der Waals surface area (Å²) in [6.07, 6.45) is 4.69. The number of hydrogen-bond acceptors (Lipinski definition) is 4. The van der Waals surface area contributed by atoms with E-state index in [4.69, 9.17) is 4.42 Å². The third-order valence-corrected chi connectivity index (χ3v) is 4.71. The van der Waals surface area contributed by atoms with Gasteiger partial charge in [0.1, 0.15) is 5.52 Å². The van der Waals surface area contributed by atoms with Gasteiger partial charge in [-0.1, -0.05) is 12.1 Å². The van der Waals surface area contributed by atoms with Crippen molar-refractivity contribution in [2.75, 3.05) is 18.1 Å². The summed E-state index contributed by atoms with van der Waals surface area (Å²) in [6, 6.07) is 8.67. The molecule has 3 nitrogen and oxygen atoms in total. The minimum absolute atomic E-state index is 0.711. The fourth-order valence-electron chi connectivity index (χ4n) is 2.47. The van der Waals surface area contributed by atoms with Crippen LogP contribution in [0.2, 0.25) is 0 Å². The number of nitrogens with one attached hydrogen (secondary N) is 1. The van der Waals surface area contributed by atoms with E-state index in [0.717, 1.165) is 36.4 Å². The molecule has 4 heteroatoms. The third kappa shape index (κ3) is 3.51. The van der Waals surface area contributed by atoms with Gasteiger partial charge in [-0.05, 0) is 43.7 Å². The molecule has 2 aromatic rings. The van der Waals surface area contributed by atoms with E-state index in [-0.39, 0.29) is 0 Å². The normalized spacial score (nSPS) is 19.9. The van der Waals surface area contributed by atoms with Crippen molar-refractivity contribution in [1.82, 2.24) is 10.3 Å². The van der Waals surface area contributed by atoms with Crippen molar-refractivity contribution in [2.45, 2.75) is 31.7 Å². The third-order valence-electron chi connectivity index (χ3n) is 3.50. The summed E-state index contributed by atoms with van der Waals surface area (Å²) in [5, 5.41) is 3.64. The molecule has 0 amide bonds. The van der Waals surface area contributed by atoms with Crippen molar-refractivity contribution in [1.29, 1.82) is 0 Å². The molecule has 1 aliphatic heterocycles. The molecule has 0 radical (unpaired) electrons. The highest BCUT2D eigenvalue weighted by molar-refractivity contribution is 7.99. The molecule has 1 aromatic carbocycles. The van der Waals surface area contributed by atoms with E-state index in [1.807, 2.05) is 24.3 Å². The number of rotatable bonds is 5. The molecule has 3 rings (SSSR count). The van der Waals surface area contributed by atoms with Gasteiger partial charge in [0.2, 0.25) is 0 Å². The van der Waals surface area contributed by atoms with Crippen molar-refractivity contribution in [3.05, 3.63) is 30.2 Å². The van der Waals surface area contributed by atoms with Crippen LogP contribution in [0.3, 0.4) is 0 Å². The topological polar surface area (TPSA) is 38.1 Å². The molecule has 1 aliphatic rings. The lowest BCUT2D eigenvalue weighted by Crippen LogP contribution is -2.34. The van der Waals surface area contributed by atoms with Crippen LogP contribution in [0.25, 0.3) is 11.1 Å². The van der Waals surface area contributed by atoms with Gasteiger partial charge in [-0.3, -0.25) is 0 Å². The van der Waals surface area contributed by atoms with Gasteiger partial charge in [-0.2, -0.15) is 11.8 Å². The average molecular weight is 276 g/mol. The molecule has 1 N–H and O–H groups in total. The Morgan fingerprint density at radius 3 is 3.16 bits per heavy atom. The molecule has 1 aromatic heterocycles. The molecule has 2 heterocycles. The zero-order valence-corrected chi connectivity index (χ0v) is 11.9. The maximum atomic E-state index is 5.72. The largest absolute Gasteiger partial charge is 0.441 e. The van der Waals surface area contributed by atoms with Crippen LogP contribution in [-0.2, 0) is 6.42 Å². The summed E-state index contributed by atoms with van der Waals surface area (Å²) in [5.74, 6) is 3.46. The van der Waals surface area contributed by atoms with Crippen LogP contribution >= 0.6 is 11.8 Å². The van der Waals surface area contributed by atoms with E-state index in [1.54, 1.807) is 0 Å². The Hall–Kier alpha value is -1.00. The first-order valence-corrected chi connectivity index (χ1v) is 8.23.